The molecule has 1 rings (SSSR count). The SMILES string of the molecule is COc1cc(NC(=O)N(C)C(C)C(=O)O)c(Br)cc1Br. The van der Waals surface area contributed by atoms with Crippen LogP contribution in [-0.4, -0.2) is 42.2 Å². The maximum absolute atomic E-state index is 12.0. The molecule has 2 amide bonds. The summed E-state index contributed by atoms with van der Waals surface area (Å²) in [5, 5.41) is 11.5. The van der Waals surface area contributed by atoms with Gasteiger partial charge in [-0.05, 0) is 44.8 Å². The number of aliphatic carboxylic acids is 1. The number of urea groups is 1. The molecule has 2 N–H and O–H groups in total. The Balaban J connectivity index is 2.93. The van der Waals surface area contributed by atoms with Gasteiger partial charge in [0.1, 0.15) is 11.8 Å². The van der Waals surface area contributed by atoms with E-state index in [-0.39, 0.29) is 0 Å². The highest BCUT2D eigenvalue weighted by Gasteiger charge is 2.22. The van der Waals surface area contributed by atoms with Crippen LogP contribution >= 0.6 is 31.9 Å². The number of carbonyl (C=O) groups excluding carboxylic acids is 1. The van der Waals surface area contributed by atoms with Gasteiger partial charge in [0.15, 0.2) is 0 Å². The Morgan fingerprint density at radius 2 is 1.95 bits per heavy atom. The number of nitrogens with zero attached hydrogens (tertiary/aromatic N) is 1. The van der Waals surface area contributed by atoms with Crippen molar-refractivity contribution in [1.29, 1.82) is 0 Å². The van der Waals surface area contributed by atoms with E-state index >= 15 is 0 Å². The number of benzene rings is 1. The molecule has 1 aromatic carbocycles. The van der Waals surface area contributed by atoms with Gasteiger partial charge in [-0.15, -0.1) is 0 Å². The van der Waals surface area contributed by atoms with Crippen LogP contribution in [0.25, 0.3) is 0 Å². The minimum Gasteiger partial charge on any atom is -0.495 e. The lowest BCUT2D eigenvalue weighted by molar-refractivity contribution is -0.141. The lowest BCUT2D eigenvalue weighted by Gasteiger charge is -2.22. The van der Waals surface area contributed by atoms with E-state index in [2.05, 4.69) is 37.2 Å². The van der Waals surface area contributed by atoms with Crippen LogP contribution < -0.4 is 10.1 Å². The smallest absolute Gasteiger partial charge is 0.326 e. The molecule has 8 heteroatoms. The standard InChI is InChI=1S/C12H14Br2N2O4/c1-6(11(17)18)16(2)12(19)15-9-5-10(20-3)8(14)4-7(9)13/h4-6H,1-3H3,(H,15,19)(H,17,18). The molecule has 0 bridgehead atoms. The molecule has 0 aliphatic carbocycles. The molecule has 1 atom stereocenters. The Morgan fingerprint density at radius 1 is 1.35 bits per heavy atom. The third kappa shape index (κ3) is 3.86. The van der Waals surface area contributed by atoms with Crippen molar-refractivity contribution in [2.24, 2.45) is 0 Å². The van der Waals surface area contributed by atoms with E-state index in [0.29, 0.717) is 15.9 Å². The monoisotopic (exact) mass is 408 g/mol. The van der Waals surface area contributed by atoms with E-state index in [1.807, 2.05) is 0 Å². The zero-order valence-electron chi connectivity index (χ0n) is 11.1. The van der Waals surface area contributed by atoms with Gasteiger partial charge in [-0.2, -0.15) is 0 Å². The first kappa shape index (κ1) is 16.8. The summed E-state index contributed by atoms with van der Waals surface area (Å²) in [5.74, 6) is -0.521. The second kappa shape index (κ2) is 6.94. The first-order valence-corrected chi connectivity index (χ1v) is 7.16. The van der Waals surface area contributed by atoms with Crippen molar-refractivity contribution >= 4 is 49.5 Å². The highest BCUT2D eigenvalue weighted by atomic mass is 79.9. The minimum absolute atomic E-state index is 0.486. The van der Waals surface area contributed by atoms with E-state index in [1.165, 1.54) is 21.1 Å². The molecule has 1 aromatic rings. The normalized spacial score (nSPS) is 11.7. The molecule has 20 heavy (non-hydrogen) atoms. The quantitative estimate of drug-likeness (QED) is 0.800. The Hall–Kier alpha value is -1.28. The summed E-state index contributed by atoms with van der Waals surface area (Å²) in [5.41, 5.74) is 0.486. The Labute approximate surface area is 133 Å². The average Bonchev–Trinajstić information content (AvgIpc) is 2.39. The van der Waals surface area contributed by atoms with E-state index in [9.17, 15) is 9.59 Å². The summed E-state index contributed by atoms with van der Waals surface area (Å²) < 4.78 is 6.52. The fraction of sp³-hybridized carbons (Fsp3) is 0.333. The van der Waals surface area contributed by atoms with Gasteiger partial charge in [-0.3, -0.25) is 0 Å². The molecule has 110 valence electrons. The predicted molar refractivity (Wildman–Crippen MR) is 82.3 cm³/mol. The highest BCUT2D eigenvalue weighted by Crippen LogP contribution is 2.34. The lowest BCUT2D eigenvalue weighted by Crippen LogP contribution is -2.42. The molecule has 0 saturated carbocycles. The van der Waals surface area contributed by atoms with Gasteiger partial charge in [0.05, 0.1) is 17.3 Å². The van der Waals surface area contributed by atoms with Gasteiger partial charge in [-0.1, -0.05) is 0 Å². The van der Waals surface area contributed by atoms with Crippen LogP contribution in [0, 0.1) is 0 Å². The van der Waals surface area contributed by atoms with Gasteiger partial charge in [0.2, 0.25) is 0 Å². The zero-order chi connectivity index (χ0) is 15.4. The summed E-state index contributed by atoms with van der Waals surface area (Å²) in [6.07, 6.45) is 0. The Morgan fingerprint density at radius 3 is 2.45 bits per heavy atom. The maximum atomic E-state index is 12.0. The van der Waals surface area contributed by atoms with Crippen molar-refractivity contribution in [2.75, 3.05) is 19.5 Å². The minimum atomic E-state index is -1.07. The second-order valence-electron chi connectivity index (χ2n) is 4.02. The Kier molecular flexibility index (Phi) is 5.82. The first-order chi connectivity index (χ1) is 9.27. The summed E-state index contributed by atoms with van der Waals surface area (Å²) >= 11 is 6.64. The second-order valence-corrected chi connectivity index (χ2v) is 5.73. The fourth-order valence-corrected chi connectivity index (χ4v) is 2.58. The van der Waals surface area contributed by atoms with Gasteiger partial charge in [0.25, 0.3) is 0 Å². The van der Waals surface area contributed by atoms with Gasteiger partial charge in [-0.25, -0.2) is 9.59 Å². The summed E-state index contributed by atoms with van der Waals surface area (Å²) in [6, 6.07) is 1.91. The van der Waals surface area contributed by atoms with Crippen LogP contribution in [0.15, 0.2) is 21.1 Å². The number of halogens is 2. The van der Waals surface area contributed by atoms with E-state index in [4.69, 9.17) is 9.84 Å². The third-order valence-corrected chi connectivity index (χ3v) is 4.02. The molecule has 0 heterocycles. The van der Waals surface area contributed by atoms with Crippen molar-refractivity contribution in [2.45, 2.75) is 13.0 Å². The molecule has 0 aliphatic heterocycles. The molecule has 6 nitrogen and oxygen atoms in total. The van der Waals surface area contributed by atoms with E-state index in [1.54, 1.807) is 12.1 Å². The molecular formula is C12H14Br2N2O4. The summed E-state index contributed by atoms with van der Waals surface area (Å²) in [6.45, 7) is 1.43. The van der Waals surface area contributed by atoms with Crippen molar-refractivity contribution < 1.29 is 19.4 Å². The molecule has 0 saturated heterocycles. The number of carboxylic acids is 1. The number of nitrogens with one attached hydrogen (secondary N) is 1. The molecule has 0 radical (unpaired) electrons. The van der Waals surface area contributed by atoms with Crippen molar-refractivity contribution in [3.8, 4) is 5.75 Å². The van der Waals surface area contributed by atoms with Crippen molar-refractivity contribution in [3.05, 3.63) is 21.1 Å². The predicted octanol–water partition coefficient (Wildman–Crippen LogP) is 3.16. The number of rotatable bonds is 4. The van der Waals surface area contributed by atoms with Crippen LogP contribution in [0.1, 0.15) is 6.92 Å². The van der Waals surface area contributed by atoms with Crippen LogP contribution in [0.4, 0.5) is 10.5 Å². The number of carboxylic acid groups (broad SMARTS) is 1. The zero-order valence-corrected chi connectivity index (χ0v) is 14.3. The van der Waals surface area contributed by atoms with Gasteiger partial charge < -0.3 is 20.1 Å². The number of hydrogen-bond donors (Lipinski definition) is 2. The van der Waals surface area contributed by atoms with Crippen LogP contribution in [-0.2, 0) is 4.79 Å². The first-order valence-electron chi connectivity index (χ1n) is 5.57. The number of hydrogen-bond acceptors (Lipinski definition) is 3. The third-order valence-electron chi connectivity index (χ3n) is 2.74. The summed E-state index contributed by atoms with van der Waals surface area (Å²) in [7, 11) is 2.93. The molecular weight excluding hydrogens is 396 g/mol. The molecule has 1 unspecified atom stereocenters. The number of carbonyl (C=O) groups is 2. The van der Waals surface area contributed by atoms with Crippen LogP contribution in [0.3, 0.4) is 0 Å². The summed E-state index contributed by atoms with van der Waals surface area (Å²) in [4.78, 5) is 23.9. The van der Waals surface area contributed by atoms with E-state index < -0.39 is 18.0 Å². The Bertz CT molecular complexity index is 536. The molecule has 0 aromatic heterocycles. The lowest BCUT2D eigenvalue weighted by atomic mass is 10.3. The van der Waals surface area contributed by atoms with Crippen LogP contribution in [0.2, 0.25) is 0 Å². The van der Waals surface area contributed by atoms with E-state index in [0.717, 1.165) is 9.37 Å². The average molecular weight is 410 g/mol. The van der Waals surface area contributed by atoms with Crippen molar-refractivity contribution in [1.82, 2.24) is 4.90 Å². The largest absolute Gasteiger partial charge is 0.495 e. The topological polar surface area (TPSA) is 78.9 Å². The number of anilines is 1. The number of amides is 2. The van der Waals surface area contributed by atoms with Gasteiger partial charge in [0, 0.05) is 17.6 Å². The number of ether oxygens (including phenoxy) is 1. The number of likely N-dealkylation sites (N-methyl/N-ethyl adjacent to an activating group) is 1. The molecule has 0 spiro atoms. The fourth-order valence-electron chi connectivity index (χ4n) is 1.33. The number of methoxy groups -OCH3 is 1. The van der Waals surface area contributed by atoms with Gasteiger partial charge >= 0.3 is 12.0 Å². The van der Waals surface area contributed by atoms with Crippen LogP contribution in [0.5, 0.6) is 5.75 Å². The highest BCUT2D eigenvalue weighted by molar-refractivity contribution is 9.11. The maximum Gasteiger partial charge on any atom is 0.326 e. The van der Waals surface area contributed by atoms with Crippen molar-refractivity contribution in [3.63, 3.8) is 0 Å². The molecule has 0 fully saturated rings. The molecule has 0 aliphatic rings.